The Bertz CT molecular complexity index is 655. The van der Waals surface area contributed by atoms with E-state index >= 15 is 0 Å². The minimum atomic E-state index is -0.248. The van der Waals surface area contributed by atoms with E-state index in [1.807, 2.05) is 0 Å². The van der Waals surface area contributed by atoms with Crippen LogP contribution in [-0.2, 0) is 4.79 Å². The summed E-state index contributed by atoms with van der Waals surface area (Å²) in [5, 5.41) is 10.3. The van der Waals surface area contributed by atoms with E-state index in [1.165, 1.54) is 44.9 Å². The Kier molecular flexibility index (Phi) is 6.73. The summed E-state index contributed by atoms with van der Waals surface area (Å²) in [5.74, 6) is 6.02. The zero-order valence-electron chi connectivity index (χ0n) is 21.3. The molecule has 0 bridgehead atoms. The second-order valence-corrected chi connectivity index (χ2v) is 13.2. The molecule has 1 N–H and O–H groups in total. The van der Waals surface area contributed by atoms with Gasteiger partial charge in [0.25, 0.3) is 0 Å². The number of aliphatic hydroxyl groups excluding tert-OH is 1. The first kappa shape index (κ1) is 23.8. The molecule has 0 aromatic rings. The molecule has 10 atom stereocenters. The van der Waals surface area contributed by atoms with E-state index < -0.39 is 0 Å². The number of ketones is 1. The van der Waals surface area contributed by atoms with Crippen molar-refractivity contribution in [1.29, 1.82) is 0 Å². The minimum absolute atomic E-state index is 0.125. The number of hydrogen-bond acceptors (Lipinski definition) is 2. The second kappa shape index (κ2) is 8.77. The third-order valence-corrected chi connectivity index (χ3v) is 11.6. The predicted molar refractivity (Wildman–Crippen MR) is 129 cm³/mol. The molecule has 4 aliphatic rings. The van der Waals surface area contributed by atoms with Gasteiger partial charge in [-0.1, -0.05) is 54.4 Å². The summed E-state index contributed by atoms with van der Waals surface area (Å²) in [6.45, 7) is 14.7. The number of carbonyl (C=O) groups is 1. The summed E-state index contributed by atoms with van der Waals surface area (Å²) in [7, 11) is 0. The van der Waals surface area contributed by atoms with Gasteiger partial charge in [0.1, 0.15) is 5.78 Å². The summed E-state index contributed by atoms with van der Waals surface area (Å²) in [6, 6.07) is 0. The average molecular weight is 431 g/mol. The van der Waals surface area contributed by atoms with Crippen molar-refractivity contribution in [3.8, 4) is 0 Å². The lowest BCUT2D eigenvalue weighted by molar-refractivity contribution is -0.160. The van der Waals surface area contributed by atoms with E-state index in [0.717, 1.165) is 55.3 Å². The number of rotatable bonds is 6. The molecule has 178 valence electrons. The van der Waals surface area contributed by atoms with Crippen molar-refractivity contribution in [2.24, 2.45) is 58.2 Å². The molecule has 0 saturated heterocycles. The highest BCUT2D eigenvalue weighted by Crippen LogP contribution is 2.67. The molecule has 4 fully saturated rings. The van der Waals surface area contributed by atoms with Crippen LogP contribution in [0.3, 0.4) is 0 Å². The third kappa shape index (κ3) is 3.95. The molecule has 0 aliphatic heterocycles. The van der Waals surface area contributed by atoms with Crippen LogP contribution in [0.1, 0.15) is 112 Å². The van der Waals surface area contributed by atoms with Gasteiger partial charge in [0.15, 0.2) is 0 Å². The zero-order chi connectivity index (χ0) is 22.6. The maximum absolute atomic E-state index is 13.3. The number of fused-ring (bicyclic) bond motifs is 5. The van der Waals surface area contributed by atoms with Crippen LogP contribution < -0.4 is 0 Å². The molecule has 0 radical (unpaired) electrons. The van der Waals surface area contributed by atoms with Crippen LogP contribution in [0.4, 0.5) is 0 Å². The van der Waals surface area contributed by atoms with Crippen LogP contribution in [0, 0.1) is 58.2 Å². The molecular weight excluding hydrogens is 380 g/mol. The van der Waals surface area contributed by atoms with Crippen molar-refractivity contribution in [1.82, 2.24) is 0 Å². The molecule has 2 heteroatoms. The molecule has 0 amide bonds. The van der Waals surface area contributed by atoms with E-state index in [2.05, 4.69) is 41.5 Å². The van der Waals surface area contributed by atoms with Crippen LogP contribution in [0.2, 0.25) is 0 Å². The highest BCUT2D eigenvalue weighted by Gasteiger charge is 2.62. The summed E-state index contributed by atoms with van der Waals surface area (Å²) in [4.78, 5) is 13.3. The monoisotopic (exact) mass is 430 g/mol. The molecule has 4 aliphatic carbocycles. The van der Waals surface area contributed by atoms with Gasteiger partial charge in [0, 0.05) is 12.3 Å². The fraction of sp³-hybridized carbons (Fsp3) is 0.966. The molecule has 0 heterocycles. The Labute approximate surface area is 192 Å². The van der Waals surface area contributed by atoms with Crippen molar-refractivity contribution in [2.45, 2.75) is 118 Å². The van der Waals surface area contributed by atoms with E-state index in [0.29, 0.717) is 23.0 Å². The summed E-state index contributed by atoms with van der Waals surface area (Å²) < 4.78 is 0. The van der Waals surface area contributed by atoms with Gasteiger partial charge in [-0.3, -0.25) is 4.79 Å². The lowest BCUT2D eigenvalue weighted by atomic mass is 9.44. The van der Waals surface area contributed by atoms with Gasteiger partial charge < -0.3 is 5.11 Å². The van der Waals surface area contributed by atoms with Gasteiger partial charge in [-0.05, 0) is 104 Å². The maximum Gasteiger partial charge on any atom is 0.136 e. The minimum Gasteiger partial charge on any atom is -0.393 e. The Hall–Kier alpha value is -0.370. The quantitative estimate of drug-likeness (QED) is 0.480. The largest absolute Gasteiger partial charge is 0.393 e. The van der Waals surface area contributed by atoms with Crippen molar-refractivity contribution in [3.63, 3.8) is 0 Å². The summed E-state index contributed by atoms with van der Waals surface area (Å²) >= 11 is 0. The van der Waals surface area contributed by atoms with Crippen molar-refractivity contribution in [3.05, 3.63) is 0 Å². The smallest absolute Gasteiger partial charge is 0.136 e. The van der Waals surface area contributed by atoms with Crippen LogP contribution in [0.25, 0.3) is 0 Å². The highest BCUT2D eigenvalue weighted by molar-refractivity contribution is 5.83. The van der Waals surface area contributed by atoms with Crippen LogP contribution in [-0.4, -0.2) is 17.0 Å². The van der Waals surface area contributed by atoms with Crippen molar-refractivity contribution >= 4 is 5.78 Å². The zero-order valence-corrected chi connectivity index (χ0v) is 21.3. The van der Waals surface area contributed by atoms with Crippen molar-refractivity contribution < 1.29 is 9.90 Å². The van der Waals surface area contributed by atoms with E-state index in [1.54, 1.807) is 0 Å². The number of Topliss-reactive ketones (excluding diaryl/α,β-unsaturated/α-hetero) is 1. The van der Waals surface area contributed by atoms with Gasteiger partial charge in [-0.2, -0.15) is 0 Å². The summed E-state index contributed by atoms with van der Waals surface area (Å²) in [6.07, 6.45) is 12.8. The topological polar surface area (TPSA) is 37.3 Å². The Morgan fingerprint density at radius 1 is 0.968 bits per heavy atom. The predicted octanol–water partition coefficient (Wildman–Crippen LogP) is 7.28. The van der Waals surface area contributed by atoms with Gasteiger partial charge in [-0.15, -0.1) is 0 Å². The number of carbonyl (C=O) groups excluding carboxylic acids is 1. The second-order valence-electron chi connectivity index (χ2n) is 13.2. The number of aliphatic hydroxyl groups is 1. The van der Waals surface area contributed by atoms with Gasteiger partial charge >= 0.3 is 0 Å². The van der Waals surface area contributed by atoms with Crippen LogP contribution in [0.5, 0.6) is 0 Å². The first-order chi connectivity index (χ1) is 14.6. The van der Waals surface area contributed by atoms with Gasteiger partial charge in [0.05, 0.1) is 6.10 Å². The van der Waals surface area contributed by atoms with Crippen molar-refractivity contribution in [2.75, 3.05) is 0 Å². The third-order valence-electron chi connectivity index (χ3n) is 11.6. The van der Waals surface area contributed by atoms with Crippen LogP contribution >= 0.6 is 0 Å². The standard InChI is InChI=1S/C29H50O2/c1-7-20(18(2)3)9-8-19(4)23-10-11-24-22-17-27(31)26-16-21(30)12-14-29(26,6)25(22)13-15-28(23,24)5/h18-26,30H,7-17H2,1-6H3/t19-,20-,21+,22+,23-,24+,25+,26-,28-,29-/m1/s1. The average Bonchev–Trinajstić information content (AvgIpc) is 3.07. The maximum atomic E-state index is 13.3. The molecular formula is C29H50O2. The molecule has 4 rings (SSSR count). The first-order valence-electron chi connectivity index (χ1n) is 13.8. The Morgan fingerprint density at radius 3 is 2.32 bits per heavy atom. The number of hydrogen-bond donors (Lipinski definition) is 1. The molecule has 0 unspecified atom stereocenters. The van der Waals surface area contributed by atoms with Gasteiger partial charge in [-0.25, -0.2) is 0 Å². The van der Waals surface area contributed by atoms with E-state index in [9.17, 15) is 9.90 Å². The van der Waals surface area contributed by atoms with E-state index in [4.69, 9.17) is 0 Å². The normalized spacial score (nSPS) is 46.9. The highest BCUT2D eigenvalue weighted by atomic mass is 16.3. The Morgan fingerprint density at radius 2 is 1.65 bits per heavy atom. The summed E-state index contributed by atoms with van der Waals surface area (Å²) in [5.41, 5.74) is 0.591. The molecule has 2 nitrogen and oxygen atoms in total. The van der Waals surface area contributed by atoms with E-state index in [-0.39, 0.29) is 17.4 Å². The SMILES string of the molecule is CC[C@H](CC[C@@H](C)[C@H]1CC[C@H]2[C@@H]3CC(=O)[C@H]4C[C@@H](O)CC[C@]4(C)[C@H]3CC[C@]12C)C(C)C. The first-order valence-corrected chi connectivity index (χ1v) is 13.8. The molecule has 4 saturated carbocycles. The fourth-order valence-corrected chi connectivity index (χ4v) is 9.68. The Balaban J connectivity index is 1.49. The van der Waals surface area contributed by atoms with Crippen LogP contribution in [0.15, 0.2) is 0 Å². The van der Waals surface area contributed by atoms with Gasteiger partial charge in [0.2, 0.25) is 0 Å². The fourth-order valence-electron chi connectivity index (χ4n) is 9.68. The lowest BCUT2D eigenvalue weighted by Gasteiger charge is -2.60. The molecule has 0 aromatic carbocycles. The lowest BCUT2D eigenvalue weighted by Crippen LogP contribution is -2.57. The molecule has 0 aromatic heterocycles. The molecule has 31 heavy (non-hydrogen) atoms. The molecule has 0 spiro atoms.